The first-order valence-electron chi connectivity index (χ1n) is 6.77. The maximum absolute atomic E-state index is 6.33. The molecule has 94 valence electrons. The van der Waals surface area contributed by atoms with Crippen LogP contribution in [0.4, 0.5) is 0 Å². The van der Waals surface area contributed by atoms with Crippen molar-refractivity contribution in [3.05, 3.63) is 34.9 Å². The molecule has 1 fully saturated rings. The highest BCUT2D eigenvalue weighted by Crippen LogP contribution is 2.40. The molecule has 0 heterocycles. The summed E-state index contributed by atoms with van der Waals surface area (Å²) in [5.74, 6) is 1.35. The van der Waals surface area contributed by atoms with E-state index >= 15 is 0 Å². The lowest BCUT2D eigenvalue weighted by Crippen LogP contribution is -2.19. The van der Waals surface area contributed by atoms with Crippen molar-refractivity contribution >= 4 is 11.6 Å². The van der Waals surface area contributed by atoms with E-state index in [1.54, 1.807) is 0 Å². The van der Waals surface area contributed by atoms with Crippen molar-refractivity contribution in [2.24, 2.45) is 11.7 Å². The molecular formula is C15H22ClN. The zero-order valence-electron chi connectivity index (χ0n) is 10.4. The van der Waals surface area contributed by atoms with Gasteiger partial charge in [-0.1, -0.05) is 49.1 Å². The normalized spacial score (nSPS) is 19.2. The lowest BCUT2D eigenvalue weighted by atomic mass is 9.75. The van der Waals surface area contributed by atoms with Gasteiger partial charge in [0.2, 0.25) is 0 Å². The third-order valence-corrected chi connectivity index (χ3v) is 4.35. The Hall–Kier alpha value is -0.530. The number of hydrogen-bond acceptors (Lipinski definition) is 1. The topological polar surface area (TPSA) is 26.0 Å². The van der Waals surface area contributed by atoms with Crippen LogP contribution in [0.25, 0.3) is 0 Å². The first kappa shape index (κ1) is 12.9. The van der Waals surface area contributed by atoms with Gasteiger partial charge in [0.15, 0.2) is 0 Å². The van der Waals surface area contributed by atoms with Gasteiger partial charge in [0, 0.05) is 5.02 Å². The Bertz CT molecular complexity index is 345. The molecule has 1 saturated carbocycles. The van der Waals surface area contributed by atoms with Crippen molar-refractivity contribution < 1.29 is 0 Å². The largest absolute Gasteiger partial charge is 0.330 e. The van der Waals surface area contributed by atoms with Crippen LogP contribution in [-0.4, -0.2) is 6.54 Å². The maximum Gasteiger partial charge on any atom is 0.0440 e. The van der Waals surface area contributed by atoms with Gasteiger partial charge in [-0.2, -0.15) is 0 Å². The summed E-state index contributed by atoms with van der Waals surface area (Å²) in [5, 5.41) is 0.913. The monoisotopic (exact) mass is 251 g/mol. The van der Waals surface area contributed by atoms with E-state index in [-0.39, 0.29) is 0 Å². The molecule has 1 aliphatic rings. The summed E-state index contributed by atoms with van der Waals surface area (Å²) in [6.45, 7) is 0.756. The predicted molar refractivity (Wildman–Crippen MR) is 74.4 cm³/mol. The fourth-order valence-electron chi connectivity index (χ4n) is 3.14. The van der Waals surface area contributed by atoms with Crippen molar-refractivity contribution in [2.45, 2.75) is 44.4 Å². The summed E-state index contributed by atoms with van der Waals surface area (Å²) in [6.07, 6.45) is 7.89. The molecule has 0 radical (unpaired) electrons. The Morgan fingerprint density at radius 3 is 2.53 bits per heavy atom. The molecule has 0 spiro atoms. The zero-order valence-corrected chi connectivity index (χ0v) is 11.1. The highest BCUT2D eigenvalue weighted by atomic mass is 35.5. The Balaban J connectivity index is 2.18. The Kier molecular flexibility index (Phi) is 4.87. The summed E-state index contributed by atoms with van der Waals surface area (Å²) < 4.78 is 0. The van der Waals surface area contributed by atoms with Crippen LogP contribution in [0.1, 0.15) is 50.0 Å². The van der Waals surface area contributed by atoms with Crippen molar-refractivity contribution in [2.75, 3.05) is 6.54 Å². The standard InChI is InChI=1S/C15H22ClN/c16-15-9-5-4-8-14(15)13(10-11-17)12-6-2-1-3-7-12/h4-5,8-9,12-13H,1-3,6-7,10-11,17H2. The SMILES string of the molecule is NCCC(c1ccccc1Cl)C1CCCCC1. The molecular weight excluding hydrogens is 230 g/mol. The van der Waals surface area contributed by atoms with Gasteiger partial charge in [0.25, 0.3) is 0 Å². The second-order valence-electron chi connectivity index (χ2n) is 5.10. The third-order valence-electron chi connectivity index (χ3n) is 4.00. The third kappa shape index (κ3) is 3.23. The number of benzene rings is 1. The van der Waals surface area contributed by atoms with E-state index in [1.165, 1.54) is 37.7 Å². The van der Waals surface area contributed by atoms with Crippen LogP contribution >= 0.6 is 11.6 Å². The Morgan fingerprint density at radius 1 is 1.18 bits per heavy atom. The van der Waals surface area contributed by atoms with E-state index in [2.05, 4.69) is 12.1 Å². The van der Waals surface area contributed by atoms with Gasteiger partial charge in [-0.3, -0.25) is 0 Å². The fourth-order valence-corrected chi connectivity index (χ4v) is 3.41. The summed E-state index contributed by atoms with van der Waals surface area (Å²) in [7, 11) is 0. The Labute approximate surface area is 109 Å². The lowest BCUT2D eigenvalue weighted by molar-refractivity contribution is 0.296. The molecule has 1 unspecified atom stereocenters. The number of hydrogen-bond donors (Lipinski definition) is 1. The smallest absolute Gasteiger partial charge is 0.0440 e. The van der Waals surface area contributed by atoms with Crippen LogP contribution in [-0.2, 0) is 0 Å². The second kappa shape index (κ2) is 6.42. The Morgan fingerprint density at radius 2 is 1.88 bits per heavy atom. The highest BCUT2D eigenvalue weighted by Gasteiger charge is 2.25. The average Bonchev–Trinajstić information content (AvgIpc) is 2.38. The van der Waals surface area contributed by atoms with Crippen LogP contribution in [0.5, 0.6) is 0 Å². The summed E-state index contributed by atoms with van der Waals surface area (Å²) in [4.78, 5) is 0. The van der Waals surface area contributed by atoms with E-state index in [0.29, 0.717) is 5.92 Å². The summed E-state index contributed by atoms with van der Waals surface area (Å²) >= 11 is 6.33. The minimum Gasteiger partial charge on any atom is -0.330 e. The van der Waals surface area contributed by atoms with E-state index in [0.717, 1.165) is 23.9 Å². The van der Waals surface area contributed by atoms with Gasteiger partial charge in [0.1, 0.15) is 0 Å². The summed E-state index contributed by atoms with van der Waals surface area (Å²) in [6, 6.07) is 8.28. The quantitative estimate of drug-likeness (QED) is 0.846. The maximum atomic E-state index is 6.33. The fraction of sp³-hybridized carbons (Fsp3) is 0.600. The predicted octanol–water partition coefficient (Wildman–Crippen LogP) is 4.35. The number of halogens is 1. The van der Waals surface area contributed by atoms with Crippen molar-refractivity contribution in [3.8, 4) is 0 Å². The van der Waals surface area contributed by atoms with E-state index in [1.807, 2.05) is 12.1 Å². The molecule has 17 heavy (non-hydrogen) atoms. The van der Waals surface area contributed by atoms with Gasteiger partial charge in [-0.15, -0.1) is 0 Å². The van der Waals surface area contributed by atoms with Crippen molar-refractivity contribution in [1.82, 2.24) is 0 Å². The second-order valence-corrected chi connectivity index (χ2v) is 5.51. The molecule has 1 nitrogen and oxygen atoms in total. The molecule has 1 atom stereocenters. The molecule has 1 aromatic rings. The molecule has 0 aromatic heterocycles. The molecule has 2 rings (SSSR count). The van der Waals surface area contributed by atoms with Crippen molar-refractivity contribution in [3.63, 3.8) is 0 Å². The molecule has 1 aliphatic carbocycles. The van der Waals surface area contributed by atoms with Crippen molar-refractivity contribution in [1.29, 1.82) is 0 Å². The highest BCUT2D eigenvalue weighted by molar-refractivity contribution is 6.31. The van der Waals surface area contributed by atoms with Crippen LogP contribution < -0.4 is 5.73 Å². The molecule has 2 heteroatoms. The van der Waals surface area contributed by atoms with Gasteiger partial charge < -0.3 is 5.73 Å². The molecule has 1 aromatic carbocycles. The minimum absolute atomic E-state index is 0.564. The van der Waals surface area contributed by atoms with Crippen LogP contribution in [0, 0.1) is 5.92 Å². The van der Waals surface area contributed by atoms with E-state index in [9.17, 15) is 0 Å². The van der Waals surface area contributed by atoms with E-state index < -0.39 is 0 Å². The first-order valence-corrected chi connectivity index (χ1v) is 7.15. The van der Waals surface area contributed by atoms with E-state index in [4.69, 9.17) is 17.3 Å². The van der Waals surface area contributed by atoms with Crippen LogP contribution in [0.3, 0.4) is 0 Å². The molecule has 0 saturated heterocycles. The van der Waals surface area contributed by atoms with Gasteiger partial charge in [0.05, 0.1) is 0 Å². The minimum atomic E-state index is 0.564. The first-order chi connectivity index (χ1) is 8.33. The number of nitrogens with two attached hydrogens (primary N) is 1. The van der Waals surface area contributed by atoms with Gasteiger partial charge >= 0.3 is 0 Å². The zero-order chi connectivity index (χ0) is 12.1. The molecule has 0 bridgehead atoms. The molecule has 0 aliphatic heterocycles. The van der Waals surface area contributed by atoms with Crippen LogP contribution in [0.15, 0.2) is 24.3 Å². The lowest BCUT2D eigenvalue weighted by Gasteiger charge is -2.31. The molecule has 0 amide bonds. The average molecular weight is 252 g/mol. The molecule has 2 N–H and O–H groups in total. The van der Waals surface area contributed by atoms with Crippen LogP contribution in [0.2, 0.25) is 5.02 Å². The summed E-state index contributed by atoms with van der Waals surface area (Å²) in [5.41, 5.74) is 7.09. The van der Waals surface area contributed by atoms with Gasteiger partial charge in [-0.05, 0) is 49.3 Å². The number of rotatable bonds is 4. The van der Waals surface area contributed by atoms with Gasteiger partial charge in [-0.25, -0.2) is 0 Å².